The Labute approximate surface area is 190 Å². The minimum atomic E-state index is -0.384. The Morgan fingerprint density at radius 3 is 2.39 bits per heavy atom. The van der Waals surface area contributed by atoms with Crippen LogP contribution in [0.1, 0.15) is 114 Å². The predicted molar refractivity (Wildman–Crippen MR) is 128 cm³/mol. The van der Waals surface area contributed by atoms with Gasteiger partial charge in [0.25, 0.3) is 0 Å². The van der Waals surface area contributed by atoms with Gasteiger partial charge in [-0.25, -0.2) is 4.39 Å². The van der Waals surface area contributed by atoms with Crippen LogP contribution < -0.4 is 0 Å². The van der Waals surface area contributed by atoms with Crippen molar-refractivity contribution in [1.82, 2.24) is 0 Å². The van der Waals surface area contributed by atoms with Crippen LogP contribution in [0.5, 0.6) is 0 Å². The minimum Gasteiger partial charge on any atom is -0.206 e. The Morgan fingerprint density at radius 2 is 1.71 bits per heavy atom. The summed E-state index contributed by atoms with van der Waals surface area (Å²) in [6, 6.07) is 6.95. The maximum Gasteiger partial charge on any atom is 0.141 e. The summed E-state index contributed by atoms with van der Waals surface area (Å²) in [5.74, 6) is 2.46. The number of halogens is 1. The lowest BCUT2D eigenvalue weighted by Crippen LogP contribution is -2.23. The van der Waals surface area contributed by atoms with Gasteiger partial charge in [0, 0.05) is 0 Å². The quantitative estimate of drug-likeness (QED) is 0.257. The Morgan fingerprint density at radius 1 is 0.935 bits per heavy atom. The van der Waals surface area contributed by atoms with E-state index < -0.39 is 0 Å². The minimum absolute atomic E-state index is 0.144. The van der Waals surface area contributed by atoms with Crippen molar-refractivity contribution in [2.24, 2.45) is 17.8 Å². The number of unbranched alkanes of at least 4 members (excludes halogenated alkanes) is 5. The van der Waals surface area contributed by atoms with E-state index in [0.29, 0.717) is 0 Å². The fourth-order valence-electron chi connectivity index (χ4n) is 5.84. The SMILES string of the molecule is CCCCCCCC[C@H]1CC[C@H](C2CC=C(CCc3ccc(C#N)c(F)c3)CC2)CC1. The van der Waals surface area contributed by atoms with Crippen molar-refractivity contribution in [3.05, 3.63) is 46.8 Å². The first-order chi connectivity index (χ1) is 15.2. The molecule has 0 heterocycles. The van der Waals surface area contributed by atoms with Crippen molar-refractivity contribution >= 4 is 0 Å². The molecule has 1 nitrogen and oxygen atoms in total. The zero-order valence-electron chi connectivity index (χ0n) is 19.7. The average molecular weight is 424 g/mol. The highest BCUT2D eigenvalue weighted by Crippen LogP contribution is 2.41. The van der Waals surface area contributed by atoms with Gasteiger partial charge in [-0.1, -0.05) is 82.4 Å². The summed E-state index contributed by atoms with van der Waals surface area (Å²) >= 11 is 0. The molecular weight excluding hydrogens is 381 g/mol. The van der Waals surface area contributed by atoms with Crippen LogP contribution in [0.15, 0.2) is 29.8 Å². The number of nitriles is 1. The molecule has 1 fully saturated rings. The zero-order chi connectivity index (χ0) is 21.9. The summed E-state index contributed by atoms with van der Waals surface area (Å²) in [5, 5.41) is 8.87. The van der Waals surface area contributed by atoms with Crippen LogP contribution in [0.4, 0.5) is 4.39 Å². The third-order valence-corrected chi connectivity index (χ3v) is 7.96. The van der Waals surface area contributed by atoms with E-state index in [1.165, 1.54) is 96.0 Å². The van der Waals surface area contributed by atoms with E-state index in [2.05, 4.69) is 13.0 Å². The molecule has 0 spiro atoms. The van der Waals surface area contributed by atoms with Crippen LogP contribution in [0, 0.1) is 34.9 Å². The fraction of sp³-hybridized carbons (Fsp3) is 0.690. The van der Waals surface area contributed by atoms with Crippen molar-refractivity contribution in [1.29, 1.82) is 5.26 Å². The van der Waals surface area contributed by atoms with Crippen molar-refractivity contribution in [3.63, 3.8) is 0 Å². The molecule has 0 amide bonds. The normalized spacial score (nSPS) is 23.9. The highest BCUT2D eigenvalue weighted by molar-refractivity contribution is 5.33. The lowest BCUT2D eigenvalue weighted by molar-refractivity contribution is 0.185. The predicted octanol–water partition coefficient (Wildman–Crippen LogP) is 8.91. The van der Waals surface area contributed by atoms with Crippen molar-refractivity contribution in [2.75, 3.05) is 0 Å². The van der Waals surface area contributed by atoms with Gasteiger partial charge in [-0.15, -0.1) is 0 Å². The molecule has 2 aliphatic carbocycles. The smallest absolute Gasteiger partial charge is 0.141 e. The van der Waals surface area contributed by atoms with Gasteiger partial charge in [0.2, 0.25) is 0 Å². The third kappa shape index (κ3) is 7.78. The van der Waals surface area contributed by atoms with Crippen molar-refractivity contribution in [3.8, 4) is 6.07 Å². The Balaban J connectivity index is 1.32. The standard InChI is InChI=1S/C29H42FN/c1-2-3-4-5-6-7-8-23-11-16-26(17-12-23)27-18-13-24(14-19-27)9-10-25-15-20-28(22-31)29(30)21-25/h13,15,20-21,23,26-27H,2-12,14,16-19H2,1H3/t23-,26-,27?. The first kappa shape index (κ1) is 24.0. The van der Waals surface area contributed by atoms with E-state index in [9.17, 15) is 4.39 Å². The maximum atomic E-state index is 13.8. The van der Waals surface area contributed by atoms with Crippen molar-refractivity contribution < 1.29 is 4.39 Å². The molecule has 1 aromatic carbocycles. The second-order valence-corrected chi connectivity index (χ2v) is 10.2. The first-order valence-corrected chi connectivity index (χ1v) is 13.1. The molecule has 1 unspecified atom stereocenters. The number of aryl methyl sites for hydroxylation is 1. The summed E-state index contributed by atoms with van der Waals surface area (Å²) in [6.45, 7) is 2.29. The van der Waals surface area contributed by atoms with Crippen LogP contribution in [-0.2, 0) is 6.42 Å². The summed E-state index contributed by atoms with van der Waals surface area (Å²) in [6.07, 6.45) is 24.1. The maximum absolute atomic E-state index is 13.8. The third-order valence-electron chi connectivity index (χ3n) is 7.96. The van der Waals surface area contributed by atoms with E-state index >= 15 is 0 Å². The topological polar surface area (TPSA) is 23.8 Å². The van der Waals surface area contributed by atoms with E-state index in [1.807, 2.05) is 12.1 Å². The van der Waals surface area contributed by atoms with Crippen LogP contribution in [-0.4, -0.2) is 0 Å². The lowest BCUT2D eigenvalue weighted by Gasteiger charge is -2.35. The molecular formula is C29H42FN. The van der Waals surface area contributed by atoms with Gasteiger partial charge in [0.05, 0.1) is 5.56 Å². The molecule has 170 valence electrons. The molecule has 2 aliphatic rings. The number of nitrogens with zero attached hydrogens (tertiary/aromatic N) is 1. The van der Waals surface area contributed by atoms with Gasteiger partial charge in [0.1, 0.15) is 11.9 Å². The molecule has 0 aromatic heterocycles. The van der Waals surface area contributed by atoms with Crippen LogP contribution >= 0.6 is 0 Å². The van der Waals surface area contributed by atoms with Gasteiger partial charge in [0.15, 0.2) is 0 Å². The number of hydrogen-bond acceptors (Lipinski definition) is 1. The van der Waals surface area contributed by atoms with E-state index in [0.717, 1.165) is 36.2 Å². The van der Waals surface area contributed by atoms with Gasteiger partial charge in [-0.2, -0.15) is 5.26 Å². The number of benzene rings is 1. The molecule has 0 radical (unpaired) electrons. The summed E-state index contributed by atoms with van der Waals surface area (Å²) < 4.78 is 13.8. The molecule has 2 heteroatoms. The van der Waals surface area contributed by atoms with Gasteiger partial charge in [-0.05, 0) is 80.4 Å². The Bertz CT molecular complexity index is 736. The molecule has 1 saturated carbocycles. The second-order valence-electron chi connectivity index (χ2n) is 10.2. The van der Waals surface area contributed by atoms with E-state index in [1.54, 1.807) is 11.6 Å². The van der Waals surface area contributed by atoms with Crippen LogP contribution in [0.2, 0.25) is 0 Å². The number of allylic oxidation sites excluding steroid dienone is 2. The molecule has 31 heavy (non-hydrogen) atoms. The van der Waals surface area contributed by atoms with Crippen LogP contribution in [0.3, 0.4) is 0 Å². The monoisotopic (exact) mass is 423 g/mol. The molecule has 0 aliphatic heterocycles. The van der Waals surface area contributed by atoms with Gasteiger partial charge in [-0.3, -0.25) is 0 Å². The second kappa shape index (κ2) is 13.0. The summed E-state index contributed by atoms with van der Waals surface area (Å²) in [7, 11) is 0. The summed E-state index contributed by atoms with van der Waals surface area (Å²) in [4.78, 5) is 0. The van der Waals surface area contributed by atoms with Crippen LogP contribution in [0.25, 0.3) is 0 Å². The zero-order valence-corrected chi connectivity index (χ0v) is 19.7. The Kier molecular flexibility index (Phi) is 10.1. The van der Waals surface area contributed by atoms with E-state index in [-0.39, 0.29) is 11.4 Å². The fourth-order valence-corrected chi connectivity index (χ4v) is 5.84. The van der Waals surface area contributed by atoms with Crippen molar-refractivity contribution in [2.45, 2.75) is 110 Å². The average Bonchev–Trinajstić information content (AvgIpc) is 2.81. The molecule has 3 rings (SSSR count). The summed E-state index contributed by atoms with van der Waals surface area (Å²) in [5.41, 5.74) is 2.70. The molecule has 0 bridgehead atoms. The highest BCUT2D eigenvalue weighted by atomic mass is 19.1. The van der Waals surface area contributed by atoms with Gasteiger partial charge < -0.3 is 0 Å². The Hall–Kier alpha value is -1.62. The molecule has 1 atom stereocenters. The lowest BCUT2D eigenvalue weighted by atomic mass is 9.70. The first-order valence-electron chi connectivity index (χ1n) is 13.1. The number of hydrogen-bond donors (Lipinski definition) is 0. The molecule has 1 aromatic rings. The molecule has 0 N–H and O–H groups in total. The largest absolute Gasteiger partial charge is 0.206 e. The highest BCUT2D eigenvalue weighted by Gasteiger charge is 2.28. The number of rotatable bonds is 11. The molecule has 0 saturated heterocycles. The van der Waals surface area contributed by atoms with Gasteiger partial charge >= 0.3 is 0 Å². The van der Waals surface area contributed by atoms with E-state index in [4.69, 9.17) is 5.26 Å².